The maximum Gasteiger partial charge on any atom is 0.283 e. The first-order chi connectivity index (χ1) is 18.7. The highest BCUT2D eigenvalue weighted by Crippen LogP contribution is 2.33. The highest BCUT2D eigenvalue weighted by Gasteiger charge is 2.27. The maximum atomic E-state index is 12.0. The van der Waals surface area contributed by atoms with Gasteiger partial charge in [0.05, 0.1) is 4.92 Å². The van der Waals surface area contributed by atoms with Gasteiger partial charge in [-0.3, -0.25) is 10.1 Å². The molecule has 1 heterocycles. The third-order valence-corrected chi connectivity index (χ3v) is 5.90. The van der Waals surface area contributed by atoms with Crippen LogP contribution in [-0.2, 0) is 6.54 Å². The van der Waals surface area contributed by atoms with Gasteiger partial charge in [-0.1, -0.05) is 91.0 Å². The van der Waals surface area contributed by atoms with Crippen LogP contribution in [0.5, 0.6) is 0 Å². The first-order valence-corrected chi connectivity index (χ1v) is 13.0. The first-order valence-electron chi connectivity index (χ1n) is 11.8. The fraction of sp³-hybridized carbons (Fsp3) is 0.0333. The largest absolute Gasteiger partial charge is 0.283 e. The average molecular weight is 543 g/mol. The number of rotatable bonds is 6. The molecule has 9 heteroatoms. The van der Waals surface area contributed by atoms with Crippen LogP contribution in [0.15, 0.2) is 127 Å². The van der Waals surface area contributed by atoms with Gasteiger partial charge in [0.15, 0.2) is 6.54 Å². The van der Waals surface area contributed by atoms with Crippen LogP contribution in [0.1, 0.15) is 5.56 Å². The molecule has 0 saturated carbocycles. The zero-order chi connectivity index (χ0) is 27.8. The summed E-state index contributed by atoms with van der Waals surface area (Å²) in [5.41, 5.74) is 6.73. The summed E-state index contributed by atoms with van der Waals surface area (Å²) in [6.45, 7) is 0.585. The van der Waals surface area contributed by atoms with E-state index in [0.717, 1.165) is 33.6 Å². The van der Waals surface area contributed by atoms with E-state index < -0.39 is 10.2 Å². The molecule has 0 aliphatic carbocycles. The van der Waals surface area contributed by atoms with E-state index in [0.29, 0.717) is 12.1 Å². The summed E-state index contributed by atoms with van der Waals surface area (Å²) < 4.78 is 36.2. The topological polar surface area (TPSA) is 139 Å². The lowest BCUT2D eigenvalue weighted by Crippen LogP contribution is -2.68. The van der Waals surface area contributed by atoms with Crippen molar-refractivity contribution < 1.29 is 38.4 Å². The standard InChI is InChI=1S/C30H23N2O2.ClHO4/c33-32(34)28-19-11-10-18-27(28)30-21-26(24-14-6-2-7-15-24)20-29(25-16-8-3-9-17-25)31(30)22-23-12-4-1-5-13-23;2-1(3,4)5/h1-21H,22H2;(H,2,3,4,5)/q+1;/p-1. The van der Waals surface area contributed by atoms with Gasteiger partial charge in [0.2, 0.25) is 11.4 Å². The smallest absolute Gasteiger partial charge is 0.258 e. The second-order valence-corrected chi connectivity index (χ2v) is 9.23. The van der Waals surface area contributed by atoms with Crippen molar-refractivity contribution in [1.82, 2.24) is 0 Å². The molecule has 0 bridgehead atoms. The summed E-state index contributed by atoms with van der Waals surface area (Å²) in [7, 11) is -4.94. The minimum atomic E-state index is -4.94. The molecule has 0 radical (unpaired) electrons. The quantitative estimate of drug-likeness (QED) is 0.183. The Morgan fingerprint density at radius 2 is 1.05 bits per heavy atom. The SMILES string of the molecule is O=[N+]([O-])c1ccccc1-c1cc(-c2ccccc2)cc(-c2ccccc2)[n+]1Cc1ccccc1.[O-][Cl+3]([O-])([O-])[O-]. The van der Waals surface area contributed by atoms with E-state index >= 15 is 0 Å². The second kappa shape index (κ2) is 12.4. The molecule has 0 unspecified atom stereocenters. The highest BCUT2D eigenvalue weighted by atomic mass is 35.7. The Morgan fingerprint density at radius 1 is 0.590 bits per heavy atom. The van der Waals surface area contributed by atoms with E-state index in [2.05, 4.69) is 53.1 Å². The molecule has 0 aliphatic heterocycles. The summed E-state index contributed by atoms with van der Waals surface area (Å²) >= 11 is 0. The lowest BCUT2D eigenvalue weighted by atomic mass is 9.98. The minimum absolute atomic E-state index is 0.0912. The molecule has 5 rings (SSSR count). The number of nitro groups is 1. The molecule has 0 amide bonds. The van der Waals surface area contributed by atoms with Gasteiger partial charge < -0.3 is 0 Å². The average Bonchev–Trinajstić information content (AvgIpc) is 2.94. The van der Waals surface area contributed by atoms with E-state index in [1.54, 1.807) is 12.1 Å². The predicted octanol–water partition coefficient (Wildman–Crippen LogP) is 2.18. The Hall–Kier alpha value is -4.44. The molecule has 1 aromatic heterocycles. The molecular weight excluding hydrogens is 520 g/mol. The highest BCUT2D eigenvalue weighted by molar-refractivity contribution is 5.77. The molecule has 0 spiro atoms. The van der Waals surface area contributed by atoms with Gasteiger partial charge in [0.25, 0.3) is 5.69 Å². The van der Waals surface area contributed by atoms with E-state index in [1.165, 1.54) is 0 Å². The molecule has 8 nitrogen and oxygen atoms in total. The van der Waals surface area contributed by atoms with Gasteiger partial charge in [-0.2, -0.15) is 4.57 Å². The summed E-state index contributed by atoms with van der Waals surface area (Å²) in [6.07, 6.45) is 0. The van der Waals surface area contributed by atoms with Crippen molar-refractivity contribution in [1.29, 1.82) is 0 Å². The predicted molar refractivity (Wildman–Crippen MR) is 135 cm³/mol. The Bertz CT molecular complexity index is 1540. The molecule has 0 N–H and O–H groups in total. The molecule has 0 aliphatic rings. The first kappa shape index (κ1) is 27.6. The molecule has 196 valence electrons. The fourth-order valence-electron chi connectivity index (χ4n) is 4.28. The van der Waals surface area contributed by atoms with Crippen molar-refractivity contribution in [3.05, 3.63) is 143 Å². The van der Waals surface area contributed by atoms with Gasteiger partial charge in [-0.25, -0.2) is 18.6 Å². The van der Waals surface area contributed by atoms with Crippen molar-refractivity contribution in [2.24, 2.45) is 0 Å². The van der Waals surface area contributed by atoms with Gasteiger partial charge in [-0.15, -0.1) is 10.2 Å². The third kappa shape index (κ3) is 7.55. The zero-order valence-corrected chi connectivity index (χ0v) is 21.3. The van der Waals surface area contributed by atoms with E-state index in [-0.39, 0.29) is 10.6 Å². The lowest BCUT2D eigenvalue weighted by Gasteiger charge is -2.17. The molecule has 0 fully saturated rings. The number of hydrogen-bond acceptors (Lipinski definition) is 6. The molecule has 5 aromatic rings. The summed E-state index contributed by atoms with van der Waals surface area (Å²) in [5.74, 6) is 0. The third-order valence-electron chi connectivity index (χ3n) is 5.90. The van der Waals surface area contributed by atoms with E-state index in [9.17, 15) is 10.1 Å². The molecule has 39 heavy (non-hydrogen) atoms. The monoisotopic (exact) mass is 542 g/mol. The van der Waals surface area contributed by atoms with Crippen molar-refractivity contribution in [2.45, 2.75) is 6.54 Å². The van der Waals surface area contributed by atoms with Crippen LogP contribution in [0.3, 0.4) is 0 Å². The number of nitro benzene ring substituents is 1. The summed E-state index contributed by atoms with van der Waals surface area (Å²) in [4.78, 5) is 11.7. The lowest BCUT2D eigenvalue weighted by molar-refractivity contribution is -2.00. The van der Waals surface area contributed by atoms with Crippen molar-refractivity contribution in [2.75, 3.05) is 0 Å². The molecular formula is C30H23ClN2O6. The van der Waals surface area contributed by atoms with Gasteiger partial charge in [-0.05, 0) is 29.3 Å². The van der Waals surface area contributed by atoms with Crippen LogP contribution < -0.4 is 23.2 Å². The van der Waals surface area contributed by atoms with Gasteiger partial charge >= 0.3 is 0 Å². The number of nitrogens with zero attached hydrogens (tertiary/aromatic N) is 2. The minimum Gasteiger partial charge on any atom is -0.258 e. The second-order valence-electron chi connectivity index (χ2n) is 8.47. The van der Waals surface area contributed by atoms with E-state index in [4.69, 9.17) is 18.6 Å². The zero-order valence-electron chi connectivity index (χ0n) is 20.6. The molecule has 0 atom stereocenters. The molecule has 4 aromatic carbocycles. The number of halogens is 1. The van der Waals surface area contributed by atoms with Crippen LogP contribution in [0.2, 0.25) is 0 Å². The number of pyridine rings is 1. The number of aromatic nitrogens is 1. The summed E-state index contributed by atoms with van der Waals surface area (Å²) in [6, 6.07) is 41.7. The van der Waals surface area contributed by atoms with Crippen molar-refractivity contribution >= 4 is 5.69 Å². The van der Waals surface area contributed by atoms with Gasteiger partial charge in [0.1, 0.15) is 5.56 Å². The van der Waals surface area contributed by atoms with Crippen LogP contribution in [-0.4, -0.2) is 4.92 Å². The van der Waals surface area contributed by atoms with Crippen LogP contribution in [0, 0.1) is 20.4 Å². The Kier molecular flexibility index (Phi) is 8.77. The Labute approximate surface area is 227 Å². The van der Waals surface area contributed by atoms with Crippen molar-refractivity contribution in [3.8, 4) is 33.6 Å². The maximum absolute atomic E-state index is 12.0. The Balaban J connectivity index is 0.000000648. The van der Waals surface area contributed by atoms with Crippen LogP contribution in [0.25, 0.3) is 33.6 Å². The van der Waals surface area contributed by atoms with Crippen LogP contribution >= 0.6 is 0 Å². The fourth-order valence-corrected chi connectivity index (χ4v) is 4.28. The number of hydrogen-bond donors (Lipinski definition) is 0. The summed E-state index contributed by atoms with van der Waals surface area (Å²) in [5, 5.41) is 12.0. The van der Waals surface area contributed by atoms with Crippen LogP contribution in [0.4, 0.5) is 5.69 Å². The molecule has 0 saturated heterocycles. The Morgan fingerprint density at radius 3 is 1.62 bits per heavy atom. The number of para-hydroxylation sites is 1. The van der Waals surface area contributed by atoms with Gasteiger partial charge in [0, 0.05) is 29.3 Å². The van der Waals surface area contributed by atoms with Crippen molar-refractivity contribution in [3.63, 3.8) is 0 Å². The number of benzene rings is 4. The normalized spacial score (nSPS) is 10.9. The van der Waals surface area contributed by atoms with E-state index in [1.807, 2.05) is 66.7 Å².